The molecule has 14 heavy (non-hydrogen) atoms. The second-order valence-electron chi connectivity index (χ2n) is 3.29. The molecule has 81 valence electrons. The van der Waals surface area contributed by atoms with E-state index in [-0.39, 0.29) is 12.5 Å². The largest absolute Gasteiger partial charge is 0.382 e. The van der Waals surface area contributed by atoms with Crippen LogP contribution in [0.3, 0.4) is 0 Å². The lowest BCUT2D eigenvalue weighted by atomic mass is 10.1. The third-order valence-corrected chi connectivity index (χ3v) is 2.22. The molecule has 1 saturated heterocycles. The number of amides is 1. The van der Waals surface area contributed by atoms with Crippen LogP contribution in [-0.2, 0) is 14.3 Å². The summed E-state index contributed by atoms with van der Waals surface area (Å²) in [5.41, 5.74) is 0. The Hall–Kier alpha value is -0.610. The summed E-state index contributed by atoms with van der Waals surface area (Å²) in [5.74, 6) is 0.0919. The van der Waals surface area contributed by atoms with E-state index in [9.17, 15) is 4.79 Å². The lowest BCUT2D eigenvalue weighted by Gasteiger charge is -2.26. The summed E-state index contributed by atoms with van der Waals surface area (Å²) < 4.78 is 9.98. The maximum absolute atomic E-state index is 11.5. The number of hydrogen-bond donors (Lipinski definition) is 0. The highest BCUT2D eigenvalue weighted by atomic mass is 16.5. The van der Waals surface area contributed by atoms with Crippen molar-refractivity contribution < 1.29 is 14.3 Å². The average molecular weight is 200 g/mol. The van der Waals surface area contributed by atoms with Crippen LogP contribution in [0, 0.1) is 6.42 Å². The van der Waals surface area contributed by atoms with Crippen LogP contribution in [0.5, 0.6) is 0 Å². The summed E-state index contributed by atoms with van der Waals surface area (Å²) in [5, 5.41) is 0. The van der Waals surface area contributed by atoms with Gasteiger partial charge in [0.2, 0.25) is 5.91 Å². The van der Waals surface area contributed by atoms with Crippen LogP contribution in [0.15, 0.2) is 0 Å². The highest BCUT2D eigenvalue weighted by Crippen LogP contribution is 2.07. The van der Waals surface area contributed by atoms with Gasteiger partial charge in [0.25, 0.3) is 0 Å². The van der Waals surface area contributed by atoms with E-state index in [2.05, 4.69) is 6.42 Å². The van der Waals surface area contributed by atoms with Crippen molar-refractivity contribution in [1.29, 1.82) is 0 Å². The SMILES string of the molecule is COCCOCC(=O)N1CC[CH]CC1. The number of methoxy groups -OCH3 is 1. The molecule has 1 heterocycles. The standard InChI is InChI=1S/C10H18NO3/c1-13-7-8-14-9-10(12)11-5-3-2-4-6-11/h2H,3-9H2,1H3. The van der Waals surface area contributed by atoms with E-state index in [4.69, 9.17) is 9.47 Å². The van der Waals surface area contributed by atoms with Crippen molar-refractivity contribution in [3.63, 3.8) is 0 Å². The van der Waals surface area contributed by atoms with Gasteiger partial charge in [-0.05, 0) is 19.3 Å². The van der Waals surface area contributed by atoms with Gasteiger partial charge < -0.3 is 14.4 Å². The number of nitrogens with zero attached hydrogens (tertiary/aromatic N) is 1. The summed E-state index contributed by atoms with van der Waals surface area (Å²) in [7, 11) is 1.62. The molecule has 0 aliphatic carbocycles. The molecule has 0 spiro atoms. The second kappa shape index (κ2) is 6.79. The van der Waals surface area contributed by atoms with Crippen LogP contribution in [-0.4, -0.2) is 50.8 Å². The maximum Gasteiger partial charge on any atom is 0.248 e. The van der Waals surface area contributed by atoms with Crippen LogP contribution in [0.4, 0.5) is 0 Å². The number of piperidine rings is 1. The molecule has 1 aliphatic rings. The summed E-state index contributed by atoms with van der Waals surface area (Å²) in [6.45, 7) is 2.89. The number of rotatable bonds is 5. The van der Waals surface area contributed by atoms with Crippen molar-refractivity contribution in [2.45, 2.75) is 12.8 Å². The molecule has 1 fully saturated rings. The summed E-state index contributed by atoms with van der Waals surface area (Å²) in [4.78, 5) is 13.4. The molecule has 4 heteroatoms. The maximum atomic E-state index is 11.5. The van der Waals surface area contributed by atoms with Gasteiger partial charge in [-0.2, -0.15) is 0 Å². The first-order valence-corrected chi connectivity index (χ1v) is 5.00. The average Bonchev–Trinajstić information content (AvgIpc) is 2.25. The van der Waals surface area contributed by atoms with Crippen molar-refractivity contribution >= 4 is 5.91 Å². The zero-order valence-corrected chi connectivity index (χ0v) is 8.70. The van der Waals surface area contributed by atoms with Crippen LogP contribution in [0.1, 0.15) is 12.8 Å². The van der Waals surface area contributed by atoms with Crippen LogP contribution in [0.25, 0.3) is 0 Å². The van der Waals surface area contributed by atoms with Crippen molar-refractivity contribution in [1.82, 2.24) is 4.90 Å². The number of carbonyl (C=O) groups excluding carboxylic acids is 1. The zero-order chi connectivity index (χ0) is 10.2. The van der Waals surface area contributed by atoms with E-state index in [1.54, 1.807) is 7.11 Å². The Kier molecular flexibility index (Phi) is 5.56. The Morgan fingerprint density at radius 1 is 1.36 bits per heavy atom. The lowest BCUT2D eigenvalue weighted by Crippen LogP contribution is -2.38. The molecule has 1 amide bonds. The van der Waals surface area contributed by atoms with Gasteiger partial charge in [-0.1, -0.05) is 0 Å². The van der Waals surface area contributed by atoms with Crippen molar-refractivity contribution in [3.8, 4) is 0 Å². The molecule has 0 saturated carbocycles. The molecule has 0 bridgehead atoms. The second-order valence-corrected chi connectivity index (χ2v) is 3.29. The quantitative estimate of drug-likeness (QED) is 0.606. The highest BCUT2D eigenvalue weighted by Gasteiger charge is 2.15. The third kappa shape index (κ3) is 4.07. The monoisotopic (exact) mass is 200 g/mol. The Morgan fingerprint density at radius 2 is 2.07 bits per heavy atom. The molecule has 1 rings (SSSR count). The molecular weight excluding hydrogens is 182 g/mol. The zero-order valence-electron chi connectivity index (χ0n) is 8.70. The molecular formula is C10H18NO3. The Balaban J connectivity index is 2.07. The predicted molar refractivity (Wildman–Crippen MR) is 52.8 cm³/mol. The van der Waals surface area contributed by atoms with Crippen LogP contribution in [0.2, 0.25) is 0 Å². The summed E-state index contributed by atoms with van der Waals surface area (Å²) in [6.07, 6.45) is 4.23. The van der Waals surface area contributed by atoms with Crippen molar-refractivity contribution in [2.75, 3.05) is 40.0 Å². The molecule has 0 aromatic carbocycles. The van der Waals surface area contributed by atoms with E-state index in [1.165, 1.54) is 0 Å². The minimum atomic E-state index is 0.0919. The fourth-order valence-corrected chi connectivity index (χ4v) is 1.39. The Labute approximate surface area is 85.2 Å². The number of carbonyl (C=O) groups is 1. The molecule has 0 atom stereocenters. The van der Waals surface area contributed by atoms with Gasteiger partial charge in [0.05, 0.1) is 13.2 Å². The van der Waals surface area contributed by atoms with Crippen LogP contribution >= 0.6 is 0 Å². The Morgan fingerprint density at radius 3 is 2.71 bits per heavy atom. The summed E-state index contributed by atoms with van der Waals surface area (Å²) in [6, 6.07) is 0. The number of ether oxygens (including phenoxy) is 2. The van der Waals surface area contributed by atoms with Gasteiger partial charge in [0.15, 0.2) is 0 Å². The van der Waals surface area contributed by atoms with Gasteiger partial charge in [-0.3, -0.25) is 4.79 Å². The predicted octanol–water partition coefficient (Wildman–Crippen LogP) is 0.476. The van der Waals surface area contributed by atoms with Gasteiger partial charge in [-0.25, -0.2) is 0 Å². The molecule has 0 aromatic rings. The minimum Gasteiger partial charge on any atom is -0.382 e. The highest BCUT2D eigenvalue weighted by molar-refractivity contribution is 5.77. The van der Waals surface area contributed by atoms with Gasteiger partial charge in [0, 0.05) is 20.2 Å². The van der Waals surface area contributed by atoms with Crippen LogP contribution < -0.4 is 0 Å². The fourth-order valence-electron chi connectivity index (χ4n) is 1.39. The number of likely N-dealkylation sites (tertiary alicyclic amines) is 1. The Bertz CT molecular complexity index is 167. The van der Waals surface area contributed by atoms with Gasteiger partial charge >= 0.3 is 0 Å². The molecule has 1 aliphatic heterocycles. The molecule has 0 N–H and O–H groups in total. The molecule has 0 aromatic heterocycles. The van der Waals surface area contributed by atoms with E-state index in [1.807, 2.05) is 4.90 Å². The first-order chi connectivity index (χ1) is 6.84. The van der Waals surface area contributed by atoms with Gasteiger partial charge in [-0.15, -0.1) is 0 Å². The first-order valence-electron chi connectivity index (χ1n) is 5.00. The van der Waals surface area contributed by atoms with E-state index < -0.39 is 0 Å². The smallest absolute Gasteiger partial charge is 0.248 e. The van der Waals surface area contributed by atoms with Crippen molar-refractivity contribution in [3.05, 3.63) is 6.42 Å². The van der Waals surface area contributed by atoms with E-state index in [0.29, 0.717) is 13.2 Å². The van der Waals surface area contributed by atoms with E-state index >= 15 is 0 Å². The summed E-state index contributed by atoms with van der Waals surface area (Å²) >= 11 is 0. The van der Waals surface area contributed by atoms with Crippen molar-refractivity contribution in [2.24, 2.45) is 0 Å². The molecule has 0 unspecified atom stereocenters. The topological polar surface area (TPSA) is 38.8 Å². The lowest BCUT2D eigenvalue weighted by molar-refractivity contribution is -0.137. The van der Waals surface area contributed by atoms with E-state index in [0.717, 1.165) is 25.9 Å². The normalized spacial score (nSPS) is 17.1. The third-order valence-electron chi connectivity index (χ3n) is 2.22. The molecule has 4 nitrogen and oxygen atoms in total. The number of hydrogen-bond acceptors (Lipinski definition) is 3. The molecule has 1 radical (unpaired) electrons. The minimum absolute atomic E-state index is 0.0919. The first kappa shape index (κ1) is 11.5. The van der Waals surface area contributed by atoms with Gasteiger partial charge in [0.1, 0.15) is 6.61 Å². The fraction of sp³-hybridized carbons (Fsp3) is 0.800.